The van der Waals surface area contributed by atoms with E-state index in [0.29, 0.717) is 12.0 Å². The number of likely N-dealkylation sites (tertiary alicyclic amines) is 1. The molecule has 1 rings (SSSR count). The smallest absolute Gasteiger partial charge is 0.306 e. The number of carboxylic acid groups (broad SMARTS) is 1. The van der Waals surface area contributed by atoms with Gasteiger partial charge in [0.05, 0.1) is 5.92 Å². The molecule has 0 spiro atoms. The minimum atomic E-state index is -0.611. The molecule has 88 valence electrons. The van der Waals surface area contributed by atoms with E-state index in [1.165, 1.54) is 0 Å². The van der Waals surface area contributed by atoms with Gasteiger partial charge in [0.2, 0.25) is 0 Å². The quantitative estimate of drug-likeness (QED) is 0.778. The molecule has 1 saturated heterocycles. The molecular formula is C12H23NO2. The van der Waals surface area contributed by atoms with Crippen molar-refractivity contribution in [3.63, 3.8) is 0 Å². The molecule has 0 aliphatic carbocycles. The zero-order valence-electron chi connectivity index (χ0n) is 10.1. The Kier molecular flexibility index (Phi) is 4.58. The number of carbonyl (C=O) groups is 1. The molecular weight excluding hydrogens is 190 g/mol. The molecule has 0 amide bonds. The van der Waals surface area contributed by atoms with Crippen molar-refractivity contribution >= 4 is 5.97 Å². The molecule has 1 heterocycles. The number of piperidine rings is 1. The molecule has 1 fully saturated rings. The molecule has 0 aromatic carbocycles. The lowest BCUT2D eigenvalue weighted by atomic mass is 9.82. The summed E-state index contributed by atoms with van der Waals surface area (Å²) in [7, 11) is 0. The van der Waals surface area contributed by atoms with Crippen LogP contribution < -0.4 is 0 Å². The van der Waals surface area contributed by atoms with E-state index in [0.717, 1.165) is 32.4 Å². The van der Waals surface area contributed by atoms with Gasteiger partial charge in [0, 0.05) is 6.04 Å². The van der Waals surface area contributed by atoms with E-state index in [1.807, 2.05) is 6.92 Å². The highest BCUT2D eigenvalue weighted by Crippen LogP contribution is 2.28. The third-order valence-electron chi connectivity index (χ3n) is 3.63. The highest BCUT2D eigenvalue weighted by molar-refractivity contribution is 5.70. The monoisotopic (exact) mass is 213 g/mol. The van der Waals surface area contributed by atoms with Crippen LogP contribution in [0.1, 0.15) is 40.0 Å². The molecule has 1 aliphatic rings. The van der Waals surface area contributed by atoms with Crippen LogP contribution in [0.25, 0.3) is 0 Å². The van der Waals surface area contributed by atoms with Gasteiger partial charge in [-0.3, -0.25) is 4.79 Å². The second kappa shape index (κ2) is 5.50. The molecule has 0 aromatic rings. The van der Waals surface area contributed by atoms with Crippen LogP contribution in [0, 0.1) is 11.8 Å². The second-order valence-electron chi connectivity index (χ2n) is 4.82. The van der Waals surface area contributed by atoms with Crippen LogP contribution in [-0.4, -0.2) is 35.1 Å². The Hall–Kier alpha value is -0.570. The van der Waals surface area contributed by atoms with E-state index >= 15 is 0 Å². The first-order valence-corrected chi connectivity index (χ1v) is 6.03. The van der Waals surface area contributed by atoms with Gasteiger partial charge >= 0.3 is 5.97 Å². The first-order valence-electron chi connectivity index (χ1n) is 6.03. The molecule has 1 atom stereocenters. The second-order valence-corrected chi connectivity index (χ2v) is 4.82. The van der Waals surface area contributed by atoms with E-state index in [9.17, 15) is 4.79 Å². The maximum Gasteiger partial charge on any atom is 0.306 e. The van der Waals surface area contributed by atoms with Gasteiger partial charge in [0.1, 0.15) is 0 Å². The molecule has 1 aliphatic heterocycles. The van der Waals surface area contributed by atoms with Gasteiger partial charge in [-0.05, 0) is 52.1 Å². The van der Waals surface area contributed by atoms with E-state index in [4.69, 9.17) is 5.11 Å². The molecule has 0 radical (unpaired) electrons. The van der Waals surface area contributed by atoms with Gasteiger partial charge in [-0.15, -0.1) is 0 Å². The van der Waals surface area contributed by atoms with Gasteiger partial charge in [-0.25, -0.2) is 0 Å². The third kappa shape index (κ3) is 3.20. The fraction of sp³-hybridized carbons (Fsp3) is 0.917. The van der Waals surface area contributed by atoms with Crippen LogP contribution in [0.3, 0.4) is 0 Å². The van der Waals surface area contributed by atoms with Crippen molar-refractivity contribution in [2.45, 2.75) is 46.1 Å². The molecule has 1 N–H and O–H groups in total. The summed E-state index contributed by atoms with van der Waals surface area (Å²) in [6, 6.07) is 0.593. The van der Waals surface area contributed by atoms with E-state index < -0.39 is 5.97 Å². The first-order chi connectivity index (χ1) is 7.06. The van der Waals surface area contributed by atoms with Crippen molar-refractivity contribution in [2.24, 2.45) is 11.8 Å². The van der Waals surface area contributed by atoms with Crippen molar-refractivity contribution in [3.05, 3.63) is 0 Å². The maximum atomic E-state index is 11.0. The highest BCUT2D eigenvalue weighted by Gasteiger charge is 2.30. The molecule has 15 heavy (non-hydrogen) atoms. The van der Waals surface area contributed by atoms with Crippen molar-refractivity contribution in [1.29, 1.82) is 0 Å². The fourth-order valence-corrected chi connectivity index (χ4v) is 2.55. The SMILES string of the molecule is CCC(C(=O)O)C1CCN(C(C)C)CC1. The van der Waals surface area contributed by atoms with E-state index in [2.05, 4.69) is 18.7 Å². The van der Waals surface area contributed by atoms with Gasteiger partial charge in [0.25, 0.3) is 0 Å². The number of hydrogen-bond donors (Lipinski definition) is 1. The lowest BCUT2D eigenvalue weighted by Crippen LogP contribution is -2.41. The molecule has 0 bridgehead atoms. The van der Waals surface area contributed by atoms with E-state index in [-0.39, 0.29) is 5.92 Å². The standard InChI is InChI=1S/C12H23NO2/c1-4-11(12(14)15)10-5-7-13(8-6-10)9(2)3/h9-11H,4-8H2,1-3H3,(H,14,15). The fourth-order valence-electron chi connectivity index (χ4n) is 2.55. The zero-order chi connectivity index (χ0) is 11.4. The average Bonchev–Trinajstić information content (AvgIpc) is 2.19. The molecule has 0 aromatic heterocycles. The van der Waals surface area contributed by atoms with Crippen molar-refractivity contribution in [3.8, 4) is 0 Å². The molecule has 3 heteroatoms. The summed E-state index contributed by atoms with van der Waals surface area (Å²) >= 11 is 0. The van der Waals surface area contributed by atoms with Crippen LogP contribution >= 0.6 is 0 Å². The Bertz CT molecular complexity index is 208. The minimum Gasteiger partial charge on any atom is -0.481 e. The summed E-state index contributed by atoms with van der Waals surface area (Å²) in [5.41, 5.74) is 0. The third-order valence-corrected chi connectivity index (χ3v) is 3.63. The molecule has 3 nitrogen and oxygen atoms in total. The Labute approximate surface area is 92.5 Å². The van der Waals surface area contributed by atoms with E-state index in [1.54, 1.807) is 0 Å². The van der Waals surface area contributed by atoms with Crippen LogP contribution in [0.4, 0.5) is 0 Å². The van der Waals surface area contributed by atoms with Crippen molar-refractivity contribution in [2.75, 3.05) is 13.1 Å². The van der Waals surface area contributed by atoms with Crippen molar-refractivity contribution < 1.29 is 9.90 Å². The van der Waals surface area contributed by atoms with Crippen LogP contribution in [0.5, 0.6) is 0 Å². The zero-order valence-corrected chi connectivity index (χ0v) is 10.1. The average molecular weight is 213 g/mol. The van der Waals surface area contributed by atoms with Crippen molar-refractivity contribution in [1.82, 2.24) is 4.90 Å². The van der Waals surface area contributed by atoms with Gasteiger partial charge < -0.3 is 10.0 Å². The van der Waals surface area contributed by atoms with Crippen LogP contribution in [-0.2, 0) is 4.79 Å². The number of hydrogen-bond acceptors (Lipinski definition) is 2. The Morgan fingerprint density at radius 3 is 2.27 bits per heavy atom. The summed E-state index contributed by atoms with van der Waals surface area (Å²) in [6.07, 6.45) is 2.85. The predicted molar refractivity (Wildman–Crippen MR) is 60.8 cm³/mol. The lowest BCUT2D eigenvalue weighted by Gasteiger charge is -2.36. The Morgan fingerprint density at radius 2 is 1.93 bits per heavy atom. The van der Waals surface area contributed by atoms with Crippen LogP contribution in [0.2, 0.25) is 0 Å². The number of rotatable bonds is 4. The lowest BCUT2D eigenvalue weighted by molar-refractivity contribution is -0.144. The Morgan fingerprint density at radius 1 is 1.40 bits per heavy atom. The Balaban J connectivity index is 2.45. The van der Waals surface area contributed by atoms with Crippen LogP contribution in [0.15, 0.2) is 0 Å². The van der Waals surface area contributed by atoms with Gasteiger partial charge in [-0.2, -0.15) is 0 Å². The summed E-state index contributed by atoms with van der Waals surface area (Å²) < 4.78 is 0. The van der Waals surface area contributed by atoms with Gasteiger partial charge in [0.15, 0.2) is 0 Å². The summed E-state index contributed by atoms with van der Waals surface area (Å²) in [4.78, 5) is 13.5. The van der Waals surface area contributed by atoms with Gasteiger partial charge in [-0.1, -0.05) is 6.92 Å². The summed E-state index contributed by atoms with van der Waals surface area (Å²) in [5.74, 6) is -0.345. The minimum absolute atomic E-state index is 0.126. The molecule has 1 unspecified atom stereocenters. The summed E-state index contributed by atoms with van der Waals surface area (Å²) in [6.45, 7) is 8.51. The maximum absolute atomic E-state index is 11.0. The molecule has 0 saturated carbocycles. The summed E-state index contributed by atoms with van der Waals surface area (Å²) in [5, 5.41) is 9.09. The predicted octanol–water partition coefficient (Wildman–Crippen LogP) is 2.22. The topological polar surface area (TPSA) is 40.5 Å². The normalized spacial score (nSPS) is 21.9. The number of carboxylic acids is 1. The number of nitrogens with zero attached hydrogens (tertiary/aromatic N) is 1. The highest BCUT2D eigenvalue weighted by atomic mass is 16.4. The largest absolute Gasteiger partial charge is 0.481 e. The number of aliphatic carboxylic acids is 1. The first kappa shape index (κ1) is 12.5.